The number of rotatable bonds is 5. The number of halogens is 1. The highest BCUT2D eigenvalue weighted by Crippen LogP contribution is 2.30. The molecule has 0 saturated heterocycles. The first-order valence-corrected chi connectivity index (χ1v) is 8.96. The summed E-state index contributed by atoms with van der Waals surface area (Å²) in [4.78, 5) is 35.1. The summed E-state index contributed by atoms with van der Waals surface area (Å²) >= 11 is 3.32. The SMILES string of the molecule is O=C(CCNC(=O)Nc1ccc(Br)cc1)Nc1ccc2c(c1)OCC(=O)N2. The Kier molecular flexibility index (Phi) is 5.92. The van der Waals surface area contributed by atoms with Gasteiger partial charge in [-0.3, -0.25) is 9.59 Å². The number of anilines is 3. The first-order chi connectivity index (χ1) is 13.0. The Hall–Kier alpha value is -3.07. The second kappa shape index (κ2) is 8.54. The van der Waals surface area contributed by atoms with Crippen LogP contribution in [0.25, 0.3) is 0 Å². The maximum absolute atomic E-state index is 12.0. The summed E-state index contributed by atoms with van der Waals surface area (Å²) in [6.45, 7) is 0.132. The van der Waals surface area contributed by atoms with Crippen molar-refractivity contribution < 1.29 is 19.1 Å². The van der Waals surface area contributed by atoms with Crippen molar-refractivity contribution in [2.45, 2.75) is 6.42 Å². The fourth-order valence-corrected chi connectivity index (χ4v) is 2.64. The Bertz CT molecular complexity index is 870. The lowest BCUT2D eigenvalue weighted by Gasteiger charge is -2.18. The smallest absolute Gasteiger partial charge is 0.319 e. The molecule has 1 aliphatic rings. The average molecular weight is 433 g/mol. The first kappa shape index (κ1) is 18.7. The van der Waals surface area contributed by atoms with Crippen molar-refractivity contribution in [3.63, 3.8) is 0 Å². The summed E-state index contributed by atoms with van der Waals surface area (Å²) in [6, 6.07) is 11.7. The van der Waals surface area contributed by atoms with Gasteiger partial charge in [-0.15, -0.1) is 0 Å². The van der Waals surface area contributed by atoms with Crippen LogP contribution in [0.5, 0.6) is 5.75 Å². The number of carbonyl (C=O) groups excluding carboxylic acids is 3. The van der Waals surface area contributed by atoms with Gasteiger partial charge in [-0.2, -0.15) is 0 Å². The zero-order chi connectivity index (χ0) is 19.2. The van der Waals surface area contributed by atoms with E-state index in [4.69, 9.17) is 4.74 Å². The summed E-state index contributed by atoms with van der Waals surface area (Å²) < 4.78 is 6.22. The van der Waals surface area contributed by atoms with Gasteiger partial charge < -0.3 is 26.0 Å². The molecule has 140 valence electrons. The fraction of sp³-hybridized carbons (Fsp3) is 0.167. The molecule has 8 nitrogen and oxygen atoms in total. The molecule has 27 heavy (non-hydrogen) atoms. The van der Waals surface area contributed by atoms with Crippen LogP contribution in [0.3, 0.4) is 0 Å². The van der Waals surface area contributed by atoms with E-state index < -0.39 is 0 Å². The standard InChI is InChI=1S/C18H17BrN4O4/c19-11-1-3-12(4-2-11)22-18(26)20-8-7-16(24)21-13-5-6-14-15(9-13)27-10-17(25)23-14/h1-6,9H,7-8,10H2,(H,21,24)(H,23,25)(H2,20,22,26). The van der Waals surface area contributed by atoms with E-state index in [1.165, 1.54) is 0 Å². The van der Waals surface area contributed by atoms with E-state index in [0.29, 0.717) is 22.8 Å². The molecule has 9 heteroatoms. The molecule has 1 heterocycles. The number of nitrogens with one attached hydrogen (secondary N) is 4. The Balaban J connectivity index is 1.42. The monoisotopic (exact) mass is 432 g/mol. The zero-order valence-electron chi connectivity index (χ0n) is 14.2. The van der Waals surface area contributed by atoms with Crippen molar-refractivity contribution in [3.05, 3.63) is 46.9 Å². The quantitative estimate of drug-likeness (QED) is 0.582. The minimum absolute atomic E-state index is 0.0538. The topological polar surface area (TPSA) is 109 Å². The lowest BCUT2D eigenvalue weighted by Crippen LogP contribution is -2.31. The van der Waals surface area contributed by atoms with Gasteiger partial charge in [0.2, 0.25) is 5.91 Å². The van der Waals surface area contributed by atoms with Gasteiger partial charge in [0.15, 0.2) is 6.61 Å². The summed E-state index contributed by atoms with van der Waals surface area (Å²) in [5.74, 6) is 0.0323. The summed E-state index contributed by atoms with van der Waals surface area (Å²) in [5.41, 5.74) is 1.77. The molecule has 1 aliphatic heterocycles. The normalized spacial score (nSPS) is 12.3. The highest BCUT2D eigenvalue weighted by Gasteiger charge is 2.16. The van der Waals surface area contributed by atoms with E-state index in [2.05, 4.69) is 37.2 Å². The van der Waals surface area contributed by atoms with Crippen molar-refractivity contribution in [2.75, 3.05) is 29.1 Å². The van der Waals surface area contributed by atoms with Gasteiger partial charge in [0, 0.05) is 34.9 Å². The molecule has 0 fully saturated rings. The molecule has 4 N–H and O–H groups in total. The van der Waals surface area contributed by atoms with Crippen molar-refractivity contribution >= 4 is 50.8 Å². The van der Waals surface area contributed by atoms with E-state index in [1.807, 2.05) is 12.1 Å². The molecule has 0 saturated carbocycles. The van der Waals surface area contributed by atoms with Crippen molar-refractivity contribution in [3.8, 4) is 5.75 Å². The molecule has 2 aromatic rings. The van der Waals surface area contributed by atoms with E-state index in [9.17, 15) is 14.4 Å². The number of ether oxygens (including phenoxy) is 1. The molecule has 3 rings (SSSR count). The molecule has 0 aliphatic carbocycles. The second-order valence-corrected chi connectivity index (χ2v) is 6.65. The predicted octanol–water partition coefficient (Wildman–Crippen LogP) is 2.93. The van der Waals surface area contributed by atoms with Crippen LogP contribution in [0.2, 0.25) is 0 Å². The summed E-state index contributed by atoms with van der Waals surface area (Å²) in [5, 5.41) is 10.7. The van der Waals surface area contributed by atoms with Crippen LogP contribution in [0.15, 0.2) is 46.9 Å². The summed E-state index contributed by atoms with van der Waals surface area (Å²) in [7, 11) is 0. The molecular formula is C18H17BrN4O4. The largest absolute Gasteiger partial charge is 0.482 e. The van der Waals surface area contributed by atoms with Gasteiger partial charge >= 0.3 is 6.03 Å². The third kappa shape index (κ3) is 5.45. The van der Waals surface area contributed by atoms with Crippen LogP contribution in [0, 0.1) is 0 Å². The summed E-state index contributed by atoms with van der Waals surface area (Å²) in [6.07, 6.45) is 0.114. The van der Waals surface area contributed by atoms with Crippen LogP contribution in [0.1, 0.15) is 6.42 Å². The number of hydrogen-bond donors (Lipinski definition) is 4. The van der Waals surface area contributed by atoms with E-state index >= 15 is 0 Å². The lowest BCUT2D eigenvalue weighted by atomic mass is 10.2. The molecule has 4 amide bonds. The van der Waals surface area contributed by atoms with Crippen LogP contribution in [-0.4, -0.2) is 31.0 Å². The number of benzene rings is 2. The third-order valence-electron chi connectivity index (χ3n) is 3.64. The molecule has 0 bridgehead atoms. The van der Waals surface area contributed by atoms with Crippen molar-refractivity contribution in [1.29, 1.82) is 0 Å². The molecule has 0 aromatic heterocycles. The van der Waals surface area contributed by atoms with Crippen molar-refractivity contribution in [1.82, 2.24) is 5.32 Å². The van der Waals surface area contributed by atoms with Crippen LogP contribution in [0.4, 0.5) is 21.9 Å². The Morgan fingerprint density at radius 1 is 1.07 bits per heavy atom. The highest BCUT2D eigenvalue weighted by molar-refractivity contribution is 9.10. The van der Waals surface area contributed by atoms with E-state index in [0.717, 1.165) is 4.47 Å². The third-order valence-corrected chi connectivity index (χ3v) is 4.17. The number of fused-ring (bicyclic) bond motifs is 1. The average Bonchev–Trinajstić information content (AvgIpc) is 2.64. The maximum Gasteiger partial charge on any atom is 0.319 e. The van der Waals surface area contributed by atoms with E-state index in [-0.39, 0.29) is 37.4 Å². The minimum atomic E-state index is -0.386. The number of amides is 4. The minimum Gasteiger partial charge on any atom is -0.482 e. The maximum atomic E-state index is 12.0. The second-order valence-electron chi connectivity index (χ2n) is 5.73. The van der Waals surface area contributed by atoms with Crippen LogP contribution >= 0.6 is 15.9 Å². The number of urea groups is 1. The molecule has 2 aromatic carbocycles. The Labute approximate surface area is 163 Å². The highest BCUT2D eigenvalue weighted by atomic mass is 79.9. The molecule has 0 unspecified atom stereocenters. The van der Waals surface area contributed by atoms with Gasteiger partial charge in [0.1, 0.15) is 5.75 Å². The molecule has 0 atom stereocenters. The molecular weight excluding hydrogens is 416 g/mol. The zero-order valence-corrected chi connectivity index (χ0v) is 15.8. The molecule has 0 radical (unpaired) electrons. The van der Waals surface area contributed by atoms with Crippen LogP contribution in [-0.2, 0) is 9.59 Å². The van der Waals surface area contributed by atoms with Gasteiger partial charge in [-0.25, -0.2) is 4.79 Å². The molecule has 0 spiro atoms. The fourth-order valence-electron chi connectivity index (χ4n) is 2.37. The lowest BCUT2D eigenvalue weighted by molar-refractivity contribution is -0.118. The van der Waals surface area contributed by atoms with E-state index in [1.54, 1.807) is 30.3 Å². The first-order valence-electron chi connectivity index (χ1n) is 8.16. The Morgan fingerprint density at radius 2 is 1.81 bits per heavy atom. The van der Waals surface area contributed by atoms with Gasteiger partial charge in [-0.05, 0) is 36.4 Å². The van der Waals surface area contributed by atoms with Gasteiger partial charge in [0.05, 0.1) is 5.69 Å². The van der Waals surface area contributed by atoms with Crippen LogP contribution < -0.4 is 26.0 Å². The number of hydrogen-bond acceptors (Lipinski definition) is 4. The van der Waals surface area contributed by atoms with Gasteiger partial charge in [-0.1, -0.05) is 15.9 Å². The number of carbonyl (C=O) groups is 3. The van der Waals surface area contributed by atoms with Gasteiger partial charge in [0.25, 0.3) is 5.91 Å². The Morgan fingerprint density at radius 3 is 2.59 bits per heavy atom. The van der Waals surface area contributed by atoms with Crippen molar-refractivity contribution in [2.24, 2.45) is 0 Å². The predicted molar refractivity (Wildman–Crippen MR) is 105 cm³/mol.